The Morgan fingerprint density at radius 2 is 2.50 bits per heavy atom. The van der Waals surface area contributed by atoms with Gasteiger partial charge in [0.25, 0.3) is 5.91 Å². The van der Waals surface area contributed by atoms with Gasteiger partial charge in [-0.15, -0.1) is 11.3 Å². The molecule has 1 atom stereocenters. The van der Waals surface area contributed by atoms with E-state index in [1.807, 2.05) is 16.3 Å². The monoisotopic (exact) mass is 274 g/mol. The molecule has 1 aromatic rings. The van der Waals surface area contributed by atoms with Crippen molar-refractivity contribution in [2.75, 3.05) is 13.1 Å². The minimum absolute atomic E-state index is 0.0971. The van der Waals surface area contributed by atoms with Crippen molar-refractivity contribution >= 4 is 33.2 Å². The quantitative estimate of drug-likeness (QED) is 0.847. The molecule has 5 heteroatoms. The Morgan fingerprint density at radius 1 is 1.71 bits per heavy atom. The molecule has 2 N–H and O–H groups in total. The number of likely N-dealkylation sites (tertiary alicyclic amines) is 1. The molecule has 1 fully saturated rings. The Labute approximate surface area is 95.0 Å². The highest BCUT2D eigenvalue weighted by Gasteiger charge is 2.26. The van der Waals surface area contributed by atoms with Gasteiger partial charge in [0.15, 0.2) is 0 Å². The first-order valence-electron chi connectivity index (χ1n) is 4.46. The zero-order chi connectivity index (χ0) is 10.1. The third kappa shape index (κ3) is 1.85. The predicted molar refractivity (Wildman–Crippen MR) is 60.5 cm³/mol. The maximum Gasteiger partial charge on any atom is 0.265 e. The van der Waals surface area contributed by atoms with Gasteiger partial charge in [-0.05, 0) is 33.8 Å². The molecule has 0 bridgehead atoms. The van der Waals surface area contributed by atoms with Gasteiger partial charge in [-0.2, -0.15) is 0 Å². The van der Waals surface area contributed by atoms with E-state index in [4.69, 9.17) is 5.73 Å². The number of thiophene rings is 1. The van der Waals surface area contributed by atoms with E-state index in [-0.39, 0.29) is 11.9 Å². The summed E-state index contributed by atoms with van der Waals surface area (Å²) in [5.41, 5.74) is 5.75. The lowest BCUT2D eigenvalue weighted by Gasteiger charge is -2.14. The summed E-state index contributed by atoms with van der Waals surface area (Å²) in [5, 5.41) is 1.91. The normalized spacial score (nSPS) is 21.6. The standard InChI is InChI=1S/C9H11BrN2OS/c10-7-2-4-14-8(7)9(13)12-3-1-6(11)5-12/h2,4,6H,1,3,5,11H2/t6-/m1/s1. The summed E-state index contributed by atoms with van der Waals surface area (Å²) < 4.78 is 0.882. The minimum Gasteiger partial charge on any atom is -0.336 e. The van der Waals surface area contributed by atoms with E-state index in [1.54, 1.807) is 0 Å². The number of hydrogen-bond acceptors (Lipinski definition) is 3. The number of amides is 1. The number of nitrogens with two attached hydrogens (primary N) is 1. The van der Waals surface area contributed by atoms with Crippen molar-refractivity contribution in [2.45, 2.75) is 12.5 Å². The lowest BCUT2D eigenvalue weighted by molar-refractivity contribution is 0.0795. The molecule has 0 aromatic carbocycles. The number of nitrogens with zero attached hydrogens (tertiary/aromatic N) is 1. The van der Waals surface area contributed by atoms with Gasteiger partial charge in [-0.3, -0.25) is 4.79 Å². The van der Waals surface area contributed by atoms with Crippen LogP contribution in [0, 0.1) is 0 Å². The molecule has 0 spiro atoms. The molecule has 2 rings (SSSR count). The van der Waals surface area contributed by atoms with Crippen molar-refractivity contribution in [1.82, 2.24) is 4.90 Å². The molecule has 2 heterocycles. The van der Waals surface area contributed by atoms with Crippen LogP contribution in [0.15, 0.2) is 15.9 Å². The first-order chi connectivity index (χ1) is 6.68. The fraction of sp³-hybridized carbons (Fsp3) is 0.444. The zero-order valence-corrected chi connectivity index (χ0v) is 9.97. The van der Waals surface area contributed by atoms with Crippen LogP contribution in [0.4, 0.5) is 0 Å². The second-order valence-electron chi connectivity index (χ2n) is 3.40. The molecule has 0 radical (unpaired) electrons. The lowest BCUT2D eigenvalue weighted by atomic mass is 10.3. The molecule has 1 aliphatic rings. The number of halogens is 1. The minimum atomic E-state index is 0.0971. The van der Waals surface area contributed by atoms with Gasteiger partial charge in [0, 0.05) is 23.6 Å². The highest BCUT2D eigenvalue weighted by Crippen LogP contribution is 2.25. The molecule has 1 aliphatic heterocycles. The SMILES string of the molecule is N[C@@H]1CCN(C(=O)c2sccc2Br)C1. The maximum absolute atomic E-state index is 11.9. The fourth-order valence-corrected chi connectivity index (χ4v) is 3.07. The van der Waals surface area contributed by atoms with Gasteiger partial charge in [0.1, 0.15) is 4.88 Å². The van der Waals surface area contributed by atoms with E-state index in [9.17, 15) is 4.79 Å². The third-order valence-electron chi connectivity index (χ3n) is 2.32. The first kappa shape index (κ1) is 10.1. The van der Waals surface area contributed by atoms with E-state index in [0.717, 1.165) is 22.3 Å². The molecule has 1 saturated heterocycles. The number of carbonyl (C=O) groups is 1. The molecule has 14 heavy (non-hydrogen) atoms. The molecule has 0 saturated carbocycles. The van der Waals surface area contributed by atoms with Crippen LogP contribution in [0.5, 0.6) is 0 Å². The highest BCUT2D eigenvalue weighted by molar-refractivity contribution is 9.10. The molecule has 76 valence electrons. The van der Waals surface area contributed by atoms with E-state index in [1.165, 1.54) is 11.3 Å². The van der Waals surface area contributed by atoms with Gasteiger partial charge in [-0.25, -0.2) is 0 Å². The van der Waals surface area contributed by atoms with Crippen LogP contribution < -0.4 is 5.73 Å². The Bertz CT molecular complexity index is 352. The van der Waals surface area contributed by atoms with E-state index in [0.29, 0.717) is 6.54 Å². The Morgan fingerprint density at radius 3 is 3.00 bits per heavy atom. The molecular weight excluding hydrogens is 264 g/mol. The summed E-state index contributed by atoms with van der Waals surface area (Å²) in [6, 6.07) is 2.05. The van der Waals surface area contributed by atoms with E-state index in [2.05, 4.69) is 15.9 Å². The summed E-state index contributed by atoms with van der Waals surface area (Å²) in [6.07, 6.45) is 0.911. The molecule has 0 aliphatic carbocycles. The van der Waals surface area contributed by atoms with Crippen LogP contribution in [-0.4, -0.2) is 29.9 Å². The topological polar surface area (TPSA) is 46.3 Å². The molecule has 1 amide bonds. The second kappa shape index (κ2) is 4.00. The molecule has 3 nitrogen and oxygen atoms in total. The smallest absolute Gasteiger partial charge is 0.265 e. The number of carbonyl (C=O) groups excluding carboxylic acids is 1. The van der Waals surface area contributed by atoms with Crippen LogP contribution in [0.1, 0.15) is 16.1 Å². The summed E-state index contributed by atoms with van der Waals surface area (Å²) in [7, 11) is 0. The van der Waals surface area contributed by atoms with Crippen molar-refractivity contribution < 1.29 is 4.79 Å². The van der Waals surface area contributed by atoms with Gasteiger partial charge >= 0.3 is 0 Å². The van der Waals surface area contributed by atoms with Crippen molar-refractivity contribution in [3.63, 3.8) is 0 Å². The average molecular weight is 275 g/mol. The van der Waals surface area contributed by atoms with Crippen molar-refractivity contribution in [2.24, 2.45) is 5.73 Å². The molecule has 1 aromatic heterocycles. The molecule has 0 unspecified atom stereocenters. The Kier molecular flexibility index (Phi) is 2.90. The fourth-order valence-electron chi connectivity index (χ4n) is 1.56. The summed E-state index contributed by atoms with van der Waals surface area (Å²) in [6.45, 7) is 1.47. The zero-order valence-electron chi connectivity index (χ0n) is 7.57. The number of hydrogen-bond donors (Lipinski definition) is 1. The summed E-state index contributed by atoms with van der Waals surface area (Å²) in [4.78, 5) is 14.5. The lowest BCUT2D eigenvalue weighted by Crippen LogP contribution is -2.31. The highest BCUT2D eigenvalue weighted by atomic mass is 79.9. The average Bonchev–Trinajstić information content (AvgIpc) is 2.73. The van der Waals surface area contributed by atoms with Crippen LogP contribution in [-0.2, 0) is 0 Å². The van der Waals surface area contributed by atoms with E-state index >= 15 is 0 Å². The summed E-state index contributed by atoms with van der Waals surface area (Å²) in [5.74, 6) is 0.0971. The third-order valence-corrected chi connectivity index (χ3v) is 4.15. The van der Waals surface area contributed by atoms with Crippen LogP contribution >= 0.6 is 27.3 Å². The van der Waals surface area contributed by atoms with Gasteiger partial charge < -0.3 is 10.6 Å². The largest absolute Gasteiger partial charge is 0.336 e. The van der Waals surface area contributed by atoms with Gasteiger partial charge in [0.05, 0.1) is 0 Å². The van der Waals surface area contributed by atoms with Gasteiger partial charge in [0.2, 0.25) is 0 Å². The van der Waals surface area contributed by atoms with Crippen LogP contribution in [0.3, 0.4) is 0 Å². The molecular formula is C9H11BrN2OS. The Balaban J connectivity index is 2.13. The van der Waals surface area contributed by atoms with Crippen LogP contribution in [0.25, 0.3) is 0 Å². The van der Waals surface area contributed by atoms with Crippen molar-refractivity contribution in [3.05, 3.63) is 20.8 Å². The van der Waals surface area contributed by atoms with Crippen molar-refractivity contribution in [1.29, 1.82) is 0 Å². The second-order valence-corrected chi connectivity index (χ2v) is 5.17. The van der Waals surface area contributed by atoms with Gasteiger partial charge in [-0.1, -0.05) is 0 Å². The first-order valence-corrected chi connectivity index (χ1v) is 6.13. The maximum atomic E-state index is 11.9. The Hall–Kier alpha value is -0.390. The summed E-state index contributed by atoms with van der Waals surface area (Å²) >= 11 is 4.83. The van der Waals surface area contributed by atoms with Crippen LogP contribution in [0.2, 0.25) is 0 Å². The predicted octanol–water partition coefficient (Wildman–Crippen LogP) is 1.68. The van der Waals surface area contributed by atoms with Crippen molar-refractivity contribution in [3.8, 4) is 0 Å². The number of rotatable bonds is 1. The van der Waals surface area contributed by atoms with E-state index < -0.39 is 0 Å².